The second-order valence-corrected chi connectivity index (χ2v) is 7.80. The number of phenolic OH excluding ortho intramolecular Hbond substituents is 1. The van der Waals surface area contributed by atoms with Gasteiger partial charge in [-0.25, -0.2) is 14.3 Å². The maximum Gasteiger partial charge on any atom is 0.416 e. The number of phenols is 1. The zero-order valence-corrected chi connectivity index (χ0v) is 17.6. The molecule has 0 aliphatic heterocycles. The summed E-state index contributed by atoms with van der Waals surface area (Å²) in [7, 11) is 0. The van der Waals surface area contributed by atoms with Gasteiger partial charge in [-0.2, -0.15) is 0 Å². The fourth-order valence-corrected chi connectivity index (χ4v) is 2.85. The predicted octanol–water partition coefficient (Wildman–Crippen LogP) is 1.95. The molecule has 3 aromatic rings. The van der Waals surface area contributed by atoms with Crippen molar-refractivity contribution in [2.24, 2.45) is 0 Å². The third-order valence-corrected chi connectivity index (χ3v) is 4.18. The van der Waals surface area contributed by atoms with Crippen LogP contribution >= 0.6 is 0 Å². The predicted molar refractivity (Wildman–Crippen MR) is 114 cm³/mol. The molecule has 2 heterocycles. The summed E-state index contributed by atoms with van der Waals surface area (Å²) in [5, 5.41) is 25.7. The van der Waals surface area contributed by atoms with Gasteiger partial charge in [0.25, 0.3) is 0 Å². The average molecular weight is 427 g/mol. The van der Waals surface area contributed by atoms with Crippen LogP contribution in [0.15, 0.2) is 42.6 Å². The van der Waals surface area contributed by atoms with Crippen LogP contribution in [0.3, 0.4) is 0 Å². The van der Waals surface area contributed by atoms with Gasteiger partial charge in [0.05, 0.1) is 11.9 Å². The first-order valence-corrected chi connectivity index (χ1v) is 9.70. The fraction of sp³-hybridized carbons (Fsp3) is 0.333. The first-order chi connectivity index (χ1) is 14.7. The number of nitrogens with one attached hydrogen (secondary N) is 1. The van der Waals surface area contributed by atoms with Crippen molar-refractivity contribution in [3.8, 4) is 17.0 Å². The number of amides is 2. The summed E-state index contributed by atoms with van der Waals surface area (Å²) >= 11 is 0. The number of aromatic nitrogens is 3. The first kappa shape index (κ1) is 22.0. The minimum absolute atomic E-state index is 0.0787. The van der Waals surface area contributed by atoms with Crippen molar-refractivity contribution in [3.63, 3.8) is 0 Å². The third-order valence-electron chi connectivity index (χ3n) is 4.18. The van der Waals surface area contributed by atoms with Gasteiger partial charge in [0.1, 0.15) is 18.0 Å². The van der Waals surface area contributed by atoms with Crippen molar-refractivity contribution < 1.29 is 24.5 Å². The molecule has 31 heavy (non-hydrogen) atoms. The number of rotatable bonds is 6. The molecule has 0 atom stereocenters. The number of carbonyl (C=O) groups excluding carboxylic acids is 2. The molecule has 2 amide bonds. The highest BCUT2D eigenvalue weighted by molar-refractivity contribution is 5.87. The normalized spacial score (nSPS) is 11.4. The molecule has 164 valence electrons. The molecule has 0 radical (unpaired) electrons. The van der Waals surface area contributed by atoms with Crippen LogP contribution in [0.25, 0.3) is 16.9 Å². The van der Waals surface area contributed by atoms with Crippen LogP contribution in [-0.2, 0) is 9.53 Å². The van der Waals surface area contributed by atoms with Gasteiger partial charge in [-0.1, -0.05) is 12.1 Å². The maximum atomic E-state index is 12.8. The van der Waals surface area contributed by atoms with Crippen LogP contribution in [0.2, 0.25) is 0 Å². The summed E-state index contributed by atoms with van der Waals surface area (Å²) in [6, 6.07) is 10.0. The molecule has 10 nitrogen and oxygen atoms in total. The highest BCUT2D eigenvalue weighted by Gasteiger charge is 2.25. The molecule has 0 unspecified atom stereocenters. The number of imidazole rings is 1. The van der Waals surface area contributed by atoms with Crippen LogP contribution in [0, 0.1) is 0 Å². The number of ether oxygens (including phenoxy) is 1. The largest absolute Gasteiger partial charge is 0.508 e. The summed E-state index contributed by atoms with van der Waals surface area (Å²) in [6.07, 6.45) is 0.997. The molecular formula is C21H25N5O5. The topological polar surface area (TPSA) is 129 Å². The summed E-state index contributed by atoms with van der Waals surface area (Å²) in [5.41, 5.74) is 1.16. The SMILES string of the molecule is CC(C)(C)OC(=O)N(CCNC(=O)CO)c1ccc2ncc(-c3cccc(O)c3)n2n1. The van der Waals surface area contributed by atoms with E-state index in [1.165, 1.54) is 4.90 Å². The molecule has 1 aromatic carbocycles. The molecule has 0 spiro atoms. The standard InChI is InChI=1S/C21H25N5O5/c1-21(2,3)31-20(30)25(10-9-22-19(29)13-27)18-8-7-17-23-12-16(26(17)24-18)14-5-4-6-15(28)11-14/h4-8,11-12,27-28H,9-10,13H2,1-3H3,(H,22,29). The summed E-state index contributed by atoms with van der Waals surface area (Å²) in [5.74, 6) is -0.147. The zero-order chi connectivity index (χ0) is 22.6. The van der Waals surface area contributed by atoms with Gasteiger partial charge in [0.2, 0.25) is 5.91 Å². The van der Waals surface area contributed by atoms with E-state index in [1.54, 1.807) is 61.8 Å². The number of hydrogen-bond donors (Lipinski definition) is 3. The monoisotopic (exact) mass is 427 g/mol. The van der Waals surface area contributed by atoms with Gasteiger partial charge < -0.3 is 20.3 Å². The minimum Gasteiger partial charge on any atom is -0.508 e. The lowest BCUT2D eigenvalue weighted by molar-refractivity contribution is -0.123. The van der Waals surface area contributed by atoms with Gasteiger partial charge in [-0.15, -0.1) is 5.10 Å². The smallest absolute Gasteiger partial charge is 0.416 e. The fourth-order valence-electron chi connectivity index (χ4n) is 2.85. The van der Waals surface area contributed by atoms with Gasteiger partial charge >= 0.3 is 6.09 Å². The Bertz CT molecular complexity index is 1090. The molecule has 0 fully saturated rings. The molecule has 0 saturated heterocycles. The number of anilines is 1. The Morgan fingerprint density at radius 1 is 1.23 bits per heavy atom. The Hall–Kier alpha value is -3.66. The van der Waals surface area contributed by atoms with E-state index in [2.05, 4.69) is 15.4 Å². The van der Waals surface area contributed by atoms with E-state index in [0.29, 0.717) is 22.7 Å². The second-order valence-electron chi connectivity index (χ2n) is 7.80. The van der Waals surface area contributed by atoms with Gasteiger partial charge in [0, 0.05) is 18.7 Å². The summed E-state index contributed by atoms with van der Waals surface area (Å²) in [6.45, 7) is 4.80. The van der Waals surface area contributed by atoms with Crippen LogP contribution in [0.5, 0.6) is 5.75 Å². The van der Waals surface area contributed by atoms with E-state index in [1.807, 2.05) is 6.07 Å². The molecule has 10 heteroatoms. The third kappa shape index (κ3) is 5.48. The Balaban J connectivity index is 1.97. The molecule has 0 aliphatic rings. The summed E-state index contributed by atoms with van der Waals surface area (Å²) in [4.78, 5) is 29.8. The van der Waals surface area contributed by atoms with Gasteiger partial charge in [-0.05, 0) is 45.0 Å². The van der Waals surface area contributed by atoms with E-state index in [-0.39, 0.29) is 18.8 Å². The minimum atomic E-state index is -0.727. The van der Waals surface area contributed by atoms with Crippen molar-refractivity contribution in [3.05, 3.63) is 42.6 Å². The Morgan fingerprint density at radius 2 is 2.00 bits per heavy atom. The van der Waals surface area contributed by atoms with E-state index in [0.717, 1.165) is 0 Å². The van der Waals surface area contributed by atoms with E-state index >= 15 is 0 Å². The number of hydrogen-bond acceptors (Lipinski definition) is 7. The van der Waals surface area contributed by atoms with Crippen molar-refractivity contribution in [1.29, 1.82) is 0 Å². The zero-order valence-electron chi connectivity index (χ0n) is 17.6. The highest BCUT2D eigenvalue weighted by Crippen LogP contribution is 2.25. The Kier molecular flexibility index (Phi) is 6.40. The number of aliphatic hydroxyl groups excluding tert-OH is 1. The molecule has 0 saturated carbocycles. The number of carbonyl (C=O) groups is 2. The van der Waals surface area contributed by atoms with E-state index in [9.17, 15) is 14.7 Å². The molecular weight excluding hydrogens is 402 g/mol. The number of fused-ring (bicyclic) bond motifs is 1. The molecule has 3 rings (SSSR count). The molecule has 2 aromatic heterocycles. The average Bonchev–Trinajstić information content (AvgIpc) is 3.12. The number of aliphatic hydroxyl groups is 1. The second kappa shape index (κ2) is 9.00. The highest BCUT2D eigenvalue weighted by atomic mass is 16.6. The molecule has 0 aliphatic carbocycles. The van der Waals surface area contributed by atoms with E-state index in [4.69, 9.17) is 9.84 Å². The number of nitrogens with zero attached hydrogens (tertiary/aromatic N) is 4. The van der Waals surface area contributed by atoms with Crippen molar-refractivity contribution in [2.45, 2.75) is 26.4 Å². The summed E-state index contributed by atoms with van der Waals surface area (Å²) < 4.78 is 7.05. The lowest BCUT2D eigenvalue weighted by Gasteiger charge is -2.26. The Morgan fingerprint density at radius 3 is 2.68 bits per heavy atom. The Labute approximate surface area is 179 Å². The van der Waals surface area contributed by atoms with Crippen LogP contribution in [0.1, 0.15) is 20.8 Å². The maximum absolute atomic E-state index is 12.8. The molecule has 3 N–H and O–H groups in total. The van der Waals surface area contributed by atoms with E-state index < -0.39 is 24.2 Å². The van der Waals surface area contributed by atoms with Crippen molar-refractivity contribution in [2.75, 3.05) is 24.6 Å². The van der Waals surface area contributed by atoms with Crippen molar-refractivity contribution >= 4 is 23.5 Å². The van der Waals surface area contributed by atoms with Crippen LogP contribution in [-0.4, -0.2) is 62.1 Å². The number of benzene rings is 1. The quantitative estimate of drug-likeness (QED) is 0.548. The van der Waals surface area contributed by atoms with Gasteiger partial charge in [0.15, 0.2) is 11.5 Å². The van der Waals surface area contributed by atoms with Gasteiger partial charge in [-0.3, -0.25) is 9.69 Å². The first-order valence-electron chi connectivity index (χ1n) is 9.70. The molecule has 0 bridgehead atoms. The number of aromatic hydroxyl groups is 1. The van der Waals surface area contributed by atoms with Crippen LogP contribution in [0.4, 0.5) is 10.6 Å². The van der Waals surface area contributed by atoms with Crippen molar-refractivity contribution in [1.82, 2.24) is 19.9 Å². The lowest BCUT2D eigenvalue weighted by atomic mass is 10.1. The lowest BCUT2D eigenvalue weighted by Crippen LogP contribution is -2.42. The van der Waals surface area contributed by atoms with Crippen LogP contribution < -0.4 is 10.2 Å².